The van der Waals surface area contributed by atoms with Crippen molar-refractivity contribution in [2.45, 2.75) is 38.9 Å². The summed E-state index contributed by atoms with van der Waals surface area (Å²) in [5.41, 5.74) is -1.86. The molecule has 7 nitrogen and oxygen atoms in total. The average Bonchev–Trinajstić information content (AvgIpc) is 2.36. The summed E-state index contributed by atoms with van der Waals surface area (Å²) in [6, 6.07) is 1.47. The molecule has 1 aromatic heterocycles. The monoisotopic (exact) mass is 284 g/mol. The lowest BCUT2D eigenvalue weighted by atomic mass is 9.77. The quantitative estimate of drug-likeness (QED) is 0.695. The Hall–Kier alpha value is -1.38. The molecule has 1 aromatic rings. The molecule has 0 saturated carbocycles. The van der Waals surface area contributed by atoms with Gasteiger partial charge in [-0.2, -0.15) is 0 Å². The van der Waals surface area contributed by atoms with Crippen LogP contribution < -0.4 is 14.9 Å². The molecule has 0 aliphatic heterocycles. The molecule has 112 valence electrons. The molecule has 0 radical (unpaired) electrons. The first-order valence-corrected chi connectivity index (χ1v) is 6.16. The summed E-state index contributed by atoms with van der Waals surface area (Å²) in [6.07, 6.45) is 0. The highest BCUT2D eigenvalue weighted by Crippen LogP contribution is 2.25. The van der Waals surface area contributed by atoms with Crippen molar-refractivity contribution in [2.24, 2.45) is 0 Å². The number of rotatable bonds is 6. The van der Waals surface area contributed by atoms with Gasteiger partial charge in [0.25, 0.3) is 0 Å². The minimum atomic E-state index is -1.34. The van der Waals surface area contributed by atoms with Crippen LogP contribution in [0.2, 0.25) is 0 Å². The molecule has 20 heavy (non-hydrogen) atoms. The van der Waals surface area contributed by atoms with E-state index in [1.54, 1.807) is 27.7 Å². The molecule has 0 amide bonds. The second-order valence-corrected chi connectivity index (χ2v) is 5.39. The van der Waals surface area contributed by atoms with Crippen LogP contribution in [0, 0.1) is 0 Å². The third kappa shape index (κ3) is 3.59. The van der Waals surface area contributed by atoms with E-state index in [1.807, 2.05) is 0 Å². The largest absolute Gasteiger partial charge is 0.497 e. The molecule has 0 aromatic carbocycles. The van der Waals surface area contributed by atoms with Gasteiger partial charge in [0.05, 0.1) is 30.9 Å². The topological polar surface area (TPSA) is 93.9 Å². The van der Waals surface area contributed by atoms with E-state index in [-0.39, 0.29) is 17.2 Å². The van der Waals surface area contributed by atoms with E-state index in [0.29, 0.717) is 0 Å². The zero-order chi connectivity index (χ0) is 15.6. The Kier molecular flexibility index (Phi) is 4.96. The van der Waals surface area contributed by atoms with Crippen LogP contribution in [-0.4, -0.2) is 52.9 Å². The Morgan fingerprint density at radius 1 is 1.10 bits per heavy atom. The van der Waals surface area contributed by atoms with Gasteiger partial charge in [-0.05, 0) is 27.7 Å². The molecule has 1 rings (SSSR count). The van der Waals surface area contributed by atoms with E-state index in [0.717, 1.165) is 0 Å². The Morgan fingerprint density at radius 3 is 2.15 bits per heavy atom. The first kappa shape index (κ1) is 16.7. The van der Waals surface area contributed by atoms with E-state index in [1.165, 1.54) is 20.3 Å². The van der Waals surface area contributed by atoms with E-state index in [4.69, 9.17) is 14.1 Å². The standard InChI is InChI=1S/C12H21BN2O5/c1-11(2,16)12(3,4)20-13(17)8-7-9(18-5)14-15-10(8)19-6/h7,16-17H,1-6H3. The molecule has 0 saturated heterocycles. The smallest absolute Gasteiger partial charge is 0.480 e. The molecule has 0 atom stereocenters. The number of aliphatic hydroxyl groups is 1. The first-order valence-electron chi connectivity index (χ1n) is 6.16. The third-order valence-corrected chi connectivity index (χ3v) is 3.31. The maximum absolute atomic E-state index is 10.2. The van der Waals surface area contributed by atoms with Crippen molar-refractivity contribution in [1.82, 2.24) is 10.2 Å². The number of hydrogen-bond acceptors (Lipinski definition) is 7. The summed E-state index contributed by atoms with van der Waals surface area (Å²) in [5, 5.41) is 27.8. The minimum absolute atomic E-state index is 0.129. The zero-order valence-corrected chi connectivity index (χ0v) is 12.7. The Balaban J connectivity index is 3.05. The van der Waals surface area contributed by atoms with Gasteiger partial charge >= 0.3 is 7.12 Å². The fourth-order valence-corrected chi connectivity index (χ4v) is 1.30. The fourth-order valence-electron chi connectivity index (χ4n) is 1.30. The Bertz CT molecular complexity index is 462. The van der Waals surface area contributed by atoms with E-state index in [9.17, 15) is 10.1 Å². The van der Waals surface area contributed by atoms with E-state index >= 15 is 0 Å². The van der Waals surface area contributed by atoms with Crippen LogP contribution in [0.15, 0.2) is 6.07 Å². The van der Waals surface area contributed by atoms with Crippen molar-refractivity contribution in [3.05, 3.63) is 6.07 Å². The molecule has 0 unspecified atom stereocenters. The number of hydrogen-bond donors (Lipinski definition) is 2. The molecule has 0 aliphatic carbocycles. The summed E-state index contributed by atoms with van der Waals surface area (Å²) >= 11 is 0. The van der Waals surface area contributed by atoms with Gasteiger partial charge in [-0.25, -0.2) is 0 Å². The summed E-state index contributed by atoms with van der Waals surface area (Å²) in [5.74, 6) is 0.356. The van der Waals surface area contributed by atoms with Crippen molar-refractivity contribution in [3.63, 3.8) is 0 Å². The fraction of sp³-hybridized carbons (Fsp3) is 0.667. The van der Waals surface area contributed by atoms with Crippen molar-refractivity contribution in [2.75, 3.05) is 14.2 Å². The lowest BCUT2D eigenvalue weighted by Crippen LogP contribution is -2.53. The summed E-state index contributed by atoms with van der Waals surface area (Å²) in [7, 11) is 1.51. The van der Waals surface area contributed by atoms with Crippen molar-refractivity contribution in [3.8, 4) is 11.8 Å². The molecule has 1 heterocycles. The molecule has 2 N–H and O–H groups in total. The number of methoxy groups -OCH3 is 2. The van der Waals surface area contributed by atoms with Crippen LogP contribution >= 0.6 is 0 Å². The van der Waals surface area contributed by atoms with Crippen LogP contribution in [-0.2, 0) is 4.65 Å². The predicted molar refractivity (Wildman–Crippen MR) is 74.2 cm³/mol. The Morgan fingerprint density at radius 2 is 1.70 bits per heavy atom. The SMILES string of the molecule is COc1cc(B(O)OC(C)(C)C(C)(C)O)c(OC)nn1. The summed E-state index contributed by atoms with van der Waals surface area (Å²) < 4.78 is 15.5. The van der Waals surface area contributed by atoms with Gasteiger partial charge < -0.3 is 24.3 Å². The first-order chi connectivity index (χ1) is 9.12. The van der Waals surface area contributed by atoms with Gasteiger partial charge in [0.15, 0.2) is 0 Å². The number of aromatic nitrogens is 2. The van der Waals surface area contributed by atoms with Crippen LogP contribution in [0.3, 0.4) is 0 Å². The lowest BCUT2D eigenvalue weighted by Gasteiger charge is -2.38. The van der Waals surface area contributed by atoms with Crippen LogP contribution in [0.25, 0.3) is 0 Å². The van der Waals surface area contributed by atoms with Gasteiger partial charge in [-0.1, -0.05) is 0 Å². The summed E-state index contributed by atoms with van der Waals surface area (Å²) in [6.45, 7) is 6.55. The third-order valence-electron chi connectivity index (χ3n) is 3.31. The second kappa shape index (κ2) is 5.95. The van der Waals surface area contributed by atoms with Crippen LogP contribution in [0.5, 0.6) is 11.8 Å². The van der Waals surface area contributed by atoms with Crippen LogP contribution in [0.4, 0.5) is 0 Å². The van der Waals surface area contributed by atoms with Crippen molar-refractivity contribution in [1.29, 1.82) is 0 Å². The molecule has 0 spiro atoms. The number of ether oxygens (including phenoxy) is 2. The maximum Gasteiger partial charge on any atom is 0.497 e. The van der Waals surface area contributed by atoms with Gasteiger partial charge in [-0.15, -0.1) is 10.2 Å². The van der Waals surface area contributed by atoms with Crippen molar-refractivity contribution < 1.29 is 24.3 Å². The molecule has 0 fully saturated rings. The van der Waals surface area contributed by atoms with Gasteiger partial charge in [-0.3, -0.25) is 0 Å². The highest BCUT2D eigenvalue weighted by molar-refractivity contribution is 6.61. The lowest BCUT2D eigenvalue weighted by molar-refractivity contribution is -0.0983. The molecule has 8 heteroatoms. The molecular formula is C12H21BN2O5. The zero-order valence-electron chi connectivity index (χ0n) is 12.7. The van der Waals surface area contributed by atoms with E-state index < -0.39 is 18.3 Å². The van der Waals surface area contributed by atoms with E-state index in [2.05, 4.69) is 10.2 Å². The van der Waals surface area contributed by atoms with Gasteiger partial charge in [0.1, 0.15) is 0 Å². The van der Waals surface area contributed by atoms with Gasteiger partial charge in [0.2, 0.25) is 11.8 Å². The predicted octanol–water partition coefficient (Wildman–Crippen LogP) is -0.253. The number of nitrogens with zero attached hydrogens (tertiary/aromatic N) is 2. The second-order valence-electron chi connectivity index (χ2n) is 5.39. The molecular weight excluding hydrogens is 263 g/mol. The van der Waals surface area contributed by atoms with Crippen LogP contribution in [0.1, 0.15) is 27.7 Å². The molecule has 0 bridgehead atoms. The normalized spacial score (nSPS) is 12.2. The highest BCUT2D eigenvalue weighted by atomic mass is 16.6. The Labute approximate surface area is 119 Å². The molecule has 0 aliphatic rings. The minimum Gasteiger partial charge on any atom is -0.480 e. The maximum atomic E-state index is 10.2. The average molecular weight is 284 g/mol. The summed E-state index contributed by atoms with van der Waals surface area (Å²) in [4.78, 5) is 0. The van der Waals surface area contributed by atoms with Crippen molar-refractivity contribution >= 4 is 12.6 Å². The highest BCUT2D eigenvalue weighted by Gasteiger charge is 2.40. The van der Waals surface area contributed by atoms with Gasteiger partial charge in [0, 0.05) is 6.07 Å².